The number of aromatic nitrogens is 2. The smallest absolute Gasteiger partial charge is 0.254 e. The molecule has 3 rings (SSSR count). The number of ether oxygens (including phenoxy) is 2. The molecule has 1 aromatic carbocycles. The van der Waals surface area contributed by atoms with Crippen molar-refractivity contribution in [2.45, 2.75) is 45.1 Å². The lowest BCUT2D eigenvalue weighted by atomic mass is 10.0. The Kier molecular flexibility index (Phi) is 7.17. The average molecular weight is 389 g/mol. The summed E-state index contributed by atoms with van der Waals surface area (Å²) in [6.45, 7) is 6.58. The number of hydrogen-bond acceptors (Lipinski definition) is 4. The van der Waals surface area contributed by atoms with Crippen molar-refractivity contribution in [3.05, 3.63) is 47.5 Å². The average Bonchev–Trinajstić information content (AvgIpc) is 3.34. The molecule has 0 bridgehead atoms. The molecule has 0 spiro atoms. The lowest BCUT2D eigenvalue weighted by Gasteiger charge is -2.13. The van der Waals surface area contributed by atoms with Crippen LogP contribution in [0.3, 0.4) is 0 Å². The maximum Gasteiger partial charge on any atom is 0.254 e. The highest BCUT2D eigenvalue weighted by atomic mass is 19.1. The summed E-state index contributed by atoms with van der Waals surface area (Å²) in [7, 11) is 0. The van der Waals surface area contributed by atoms with E-state index in [0.717, 1.165) is 37.3 Å². The number of benzene rings is 1. The van der Waals surface area contributed by atoms with Crippen LogP contribution in [0.2, 0.25) is 0 Å². The van der Waals surface area contributed by atoms with Gasteiger partial charge in [0.15, 0.2) is 0 Å². The van der Waals surface area contributed by atoms with E-state index in [1.807, 2.05) is 13.8 Å². The number of carbonyl (C=O) groups is 1. The SMILES string of the molecule is CC(C)c1c(C(=O)NCCCOCC2CCCO2)cnn1-c1ccc(F)cc1. The summed E-state index contributed by atoms with van der Waals surface area (Å²) in [5.74, 6) is -0.374. The highest BCUT2D eigenvalue weighted by molar-refractivity contribution is 5.95. The molecule has 1 atom stereocenters. The van der Waals surface area contributed by atoms with Gasteiger partial charge in [0.05, 0.1) is 35.9 Å². The molecule has 0 aliphatic carbocycles. The van der Waals surface area contributed by atoms with E-state index < -0.39 is 0 Å². The summed E-state index contributed by atoms with van der Waals surface area (Å²) >= 11 is 0. The van der Waals surface area contributed by atoms with Gasteiger partial charge in [0, 0.05) is 19.8 Å². The first-order chi connectivity index (χ1) is 13.6. The third kappa shape index (κ3) is 5.17. The van der Waals surface area contributed by atoms with Crippen molar-refractivity contribution in [3.63, 3.8) is 0 Å². The molecule has 28 heavy (non-hydrogen) atoms. The van der Waals surface area contributed by atoms with Crippen LogP contribution in [0, 0.1) is 5.82 Å². The van der Waals surface area contributed by atoms with Gasteiger partial charge in [-0.15, -0.1) is 0 Å². The fraction of sp³-hybridized carbons (Fsp3) is 0.524. The second-order valence-electron chi connectivity index (χ2n) is 7.31. The van der Waals surface area contributed by atoms with Crippen molar-refractivity contribution in [1.82, 2.24) is 15.1 Å². The quantitative estimate of drug-likeness (QED) is 0.667. The molecule has 1 N–H and O–H groups in total. The maximum absolute atomic E-state index is 13.2. The van der Waals surface area contributed by atoms with E-state index >= 15 is 0 Å². The third-order valence-corrected chi connectivity index (χ3v) is 4.75. The van der Waals surface area contributed by atoms with Crippen molar-refractivity contribution in [2.75, 3.05) is 26.4 Å². The van der Waals surface area contributed by atoms with Crippen LogP contribution < -0.4 is 5.32 Å². The van der Waals surface area contributed by atoms with Gasteiger partial charge in [-0.25, -0.2) is 9.07 Å². The van der Waals surface area contributed by atoms with Gasteiger partial charge >= 0.3 is 0 Å². The highest BCUT2D eigenvalue weighted by Gasteiger charge is 2.21. The molecule has 1 aliphatic heterocycles. The van der Waals surface area contributed by atoms with Gasteiger partial charge in [0.25, 0.3) is 5.91 Å². The third-order valence-electron chi connectivity index (χ3n) is 4.75. The fourth-order valence-electron chi connectivity index (χ4n) is 3.34. The van der Waals surface area contributed by atoms with Crippen molar-refractivity contribution in [1.29, 1.82) is 0 Å². The zero-order valence-corrected chi connectivity index (χ0v) is 16.5. The molecule has 1 fully saturated rings. The van der Waals surface area contributed by atoms with Crippen LogP contribution in [0.4, 0.5) is 4.39 Å². The van der Waals surface area contributed by atoms with Gasteiger partial charge in [-0.3, -0.25) is 4.79 Å². The number of nitrogens with one attached hydrogen (secondary N) is 1. The van der Waals surface area contributed by atoms with Crippen LogP contribution in [0.15, 0.2) is 30.5 Å². The number of hydrogen-bond donors (Lipinski definition) is 1. The van der Waals surface area contributed by atoms with Crippen LogP contribution in [-0.4, -0.2) is 48.2 Å². The first-order valence-electron chi connectivity index (χ1n) is 9.87. The molecular weight excluding hydrogens is 361 g/mol. The van der Waals surface area contributed by atoms with Gasteiger partial charge in [-0.2, -0.15) is 5.10 Å². The van der Waals surface area contributed by atoms with E-state index in [9.17, 15) is 9.18 Å². The first-order valence-corrected chi connectivity index (χ1v) is 9.87. The Morgan fingerprint density at radius 3 is 2.86 bits per heavy atom. The summed E-state index contributed by atoms with van der Waals surface area (Å²) in [5, 5.41) is 7.29. The predicted octanol–water partition coefficient (Wildman–Crippen LogP) is 3.45. The molecule has 1 amide bonds. The molecule has 2 heterocycles. The summed E-state index contributed by atoms with van der Waals surface area (Å²) in [4.78, 5) is 12.6. The summed E-state index contributed by atoms with van der Waals surface area (Å²) in [6, 6.07) is 6.08. The number of amides is 1. The Bertz CT molecular complexity index is 768. The molecule has 7 heteroatoms. The van der Waals surface area contributed by atoms with Gasteiger partial charge in [-0.05, 0) is 49.4 Å². The largest absolute Gasteiger partial charge is 0.379 e. The van der Waals surface area contributed by atoms with Crippen molar-refractivity contribution in [2.24, 2.45) is 0 Å². The van der Waals surface area contributed by atoms with Gasteiger partial charge in [-0.1, -0.05) is 13.8 Å². The molecule has 0 radical (unpaired) electrons. The van der Waals surface area contributed by atoms with Crippen LogP contribution in [0.25, 0.3) is 5.69 Å². The van der Waals surface area contributed by atoms with E-state index in [-0.39, 0.29) is 23.7 Å². The monoisotopic (exact) mass is 389 g/mol. The second kappa shape index (κ2) is 9.80. The van der Waals surface area contributed by atoms with E-state index in [1.54, 1.807) is 23.0 Å². The van der Waals surface area contributed by atoms with E-state index in [1.165, 1.54) is 12.1 Å². The Morgan fingerprint density at radius 2 is 2.18 bits per heavy atom. The lowest BCUT2D eigenvalue weighted by molar-refractivity contribution is 0.0166. The molecule has 1 aromatic heterocycles. The number of halogens is 1. The predicted molar refractivity (Wildman–Crippen MR) is 104 cm³/mol. The minimum atomic E-state index is -0.304. The van der Waals surface area contributed by atoms with Crippen molar-refractivity contribution in [3.8, 4) is 5.69 Å². The van der Waals surface area contributed by atoms with E-state index in [0.29, 0.717) is 25.3 Å². The second-order valence-corrected chi connectivity index (χ2v) is 7.31. The minimum absolute atomic E-state index is 0.0862. The lowest BCUT2D eigenvalue weighted by Crippen LogP contribution is -2.26. The molecule has 152 valence electrons. The van der Waals surface area contributed by atoms with E-state index in [4.69, 9.17) is 9.47 Å². The summed E-state index contributed by atoms with van der Waals surface area (Å²) in [5.41, 5.74) is 2.07. The summed E-state index contributed by atoms with van der Waals surface area (Å²) in [6.07, 6.45) is 4.70. The maximum atomic E-state index is 13.2. The van der Waals surface area contributed by atoms with Crippen LogP contribution in [-0.2, 0) is 9.47 Å². The standard InChI is InChI=1S/C21H28FN3O3/c1-15(2)20-19(13-24-25(20)17-8-6-16(22)7-9-17)21(26)23-10-4-11-27-14-18-5-3-12-28-18/h6-9,13,15,18H,3-5,10-12,14H2,1-2H3,(H,23,26). The number of nitrogens with zero attached hydrogens (tertiary/aromatic N) is 2. The summed E-state index contributed by atoms with van der Waals surface area (Å²) < 4.78 is 26.0. The molecule has 6 nitrogen and oxygen atoms in total. The van der Waals surface area contributed by atoms with E-state index in [2.05, 4.69) is 10.4 Å². The Hall–Kier alpha value is -2.25. The first kappa shape index (κ1) is 20.5. The Balaban J connectivity index is 1.53. The molecule has 1 saturated heterocycles. The van der Waals surface area contributed by atoms with Gasteiger partial charge < -0.3 is 14.8 Å². The van der Waals surface area contributed by atoms with Crippen molar-refractivity contribution >= 4 is 5.91 Å². The highest BCUT2D eigenvalue weighted by Crippen LogP contribution is 2.23. The zero-order chi connectivity index (χ0) is 19.9. The normalized spacial score (nSPS) is 16.6. The minimum Gasteiger partial charge on any atom is -0.379 e. The van der Waals surface area contributed by atoms with Crippen LogP contribution in [0.5, 0.6) is 0 Å². The molecule has 0 saturated carbocycles. The molecular formula is C21H28FN3O3. The van der Waals surface area contributed by atoms with Crippen molar-refractivity contribution < 1.29 is 18.7 Å². The van der Waals surface area contributed by atoms with Gasteiger partial charge in [0.1, 0.15) is 5.82 Å². The number of carbonyl (C=O) groups excluding carboxylic acids is 1. The molecule has 1 aliphatic rings. The molecule has 2 aromatic rings. The number of rotatable bonds is 9. The topological polar surface area (TPSA) is 65.4 Å². The van der Waals surface area contributed by atoms with Crippen LogP contribution >= 0.6 is 0 Å². The zero-order valence-electron chi connectivity index (χ0n) is 16.5. The van der Waals surface area contributed by atoms with Crippen LogP contribution in [0.1, 0.15) is 55.1 Å². The fourth-order valence-corrected chi connectivity index (χ4v) is 3.34. The molecule has 1 unspecified atom stereocenters. The Morgan fingerprint density at radius 1 is 1.39 bits per heavy atom. The van der Waals surface area contributed by atoms with Gasteiger partial charge in [0.2, 0.25) is 0 Å². The Labute approximate surface area is 165 Å².